The molecule has 0 unspecified atom stereocenters. The second-order valence-electron chi connectivity index (χ2n) is 2.35. The van der Waals surface area contributed by atoms with Gasteiger partial charge < -0.3 is 0 Å². The van der Waals surface area contributed by atoms with Crippen LogP contribution >= 0.6 is 0 Å². The quantitative estimate of drug-likeness (QED) is 0.631. The van der Waals surface area contributed by atoms with Gasteiger partial charge in [-0.1, -0.05) is 48.5 Å². The average molecular weight is 215 g/mol. The van der Waals surface area contributed by atoms with Crippen LogP contribution in [0.1, 0.15) is 0 Å². The molecule has 0 N–H and O–H groups in total. The summed E-state index contributed by atoms with van der Waals surface area (Å²) in [5.74, 6) is 0. The van der Waals surface area contributed by atoms with Gasteiger partial charge in [-0.15, -0.1) is 0 Å². The normalized spacial score (nSPS) is 9.09. The smallest absolute Gasteiger partial charge is 0.0184 e. The second kappa shape index (κ2) is 4.51. The fourth-order valence-corrected chi connectivity index (χ4v) is 1.13. The minimum Gasteiger partial charge on any atom is -0.0616 e. The summed E-state index contributed by atoms with van der Waals surface area (Å²) < 4.78 is 0. The van der Waals surface area contributed by atoms with Gasteiger partial charge in [-0.3, -0.25) is 0 Å². The van der Waals surface area contributed by atoms with Crippen LogP contribution in [0, 0.1) is 0 Å². The molecule has 0 aromatic heterocycles. The van der Waals surface area contributed by atoms with Crippen LogP contribution in [-0.2, 0) is 0 Å². The van der Waals surface area contributed by atoms with E-state index in [-0.39, 0.29) is 58.2 Å². The molecule has 1 heteroatoms. The molecule has 0 radical (unpaired) electrons. The number of hydrogen-bond acceptors (Lipinski definition) is 0. The molecule has 0 fully saturated rings. The molecule has 0 saturated carbocycles. The molecule has 0 nitrogen and oxygen atoms in total. The third-order valence-electron chi connectivity index (χ3n) is 1.66. The predicted molar refractivity (Wildman–Crippen MR) is 51.1 cm³/mol. The molecule has 50 valence electrons. The average Bonchev–Trinajstić information content (AvgIpc) is 2.05. The van der Waals surface area contributed by atoms with Gasteiger partial charge in [-0.25, -0.2) is 0 Å². The van der Waals surface area contributed by atoms with E-state index in [9.17, 15) is 0 Å². The van der Waals surface area contributed by atoms with Crippen molar-refractivity contribution in [1.29, 1.82) is 0 Å². The van der Waals surface area contributed by atoms with Crippen LogP contribution in [-0.4, -0.2) is 58.2 Å². The topological polar surface area (TPSA) is 0 Å². The van der Waals surface area contributed by atoms with Crippen LogP contribution in [0.3, 0.4) is 0 Å². The molecule has 11 heavy (non-hydrogen) atoms. The molecule has 0 heterocycles. The van der Waals surface area contributed by atoms with Crippen molar-refractivity contribution in [3.8, 4) is 0 Å². The van der Waals surface area contributed by atoms with E-state index in [2.05, 4.69) is 48.5 Å². The van der Waals surface area contributed by atoms with Gasteiger partial charge in [-0.05, 0) is 10.8 Å². The van der Waals surface area contributed by atoms with Crippen molar-refractivity contribution in [2.75, 3.05) is 0 Å². The summed E-state index contributed by atoms with van der Waals surface area (Å²) in [4.78, 5) is 0. The zero-order valence-corrected chi connectivity index (χ0v) is 5.62. The van der Waals surface area contributed by atoms with E-state index in [4.69, 9.17) is 0 Å². The first-order valence-electron chi connectivity index (χ1n) is 3.40. The van der Waals surface area contributed by atoms with E-state index in [0.29, 0.717) is 0 Å². The van der Waals surface area contributed by atoms with Gasteiger partial charge in [0.25, 0.3) is 0 Å². The van der Waals surface area contributed by atoms with Crippen LogP contribution in [0.2, 0.25) is 0 Å². The summed E-state index contributed by atoms with van der Waals surface area (Å²) in [7, 11) is 0. The third kappa shape index (κ3) is 2.22. The maximum Gasteiger partial charge on any atom is -0.0184 e. The summed E-state index contributed by atoms with van der Waals surface area (Å²) >= 11 is 0. The fourth-order valence-electron chi connectivity index (χ4n) is 1.13. The zero-order valence-electron chi connectivity index (χ0n) is 5.62. The van der Waals surface area contributed by atoms with Gasteiger partial charge in [0.05, 0.1) is 0 Å². The van der Waals surface area contributed by atoms with Crippen molar-refractivity contribution in [2.24, 2.45) is 0 Å². The Morgan fingerprint density at radius 2 is 0.818 bits per heavy atom. The Morgan fingerprint density at radius 1 is 0.545 bits per heavy atom. The fraction of sp³-hybridized carbons (Fsp3) is 0. The number of rotatable bonds is 0. The summed E-state index contributed by atoms with van der Waals surface area (Å²) in [6.45, 7) is 0. The molecule has 2 aromatic carbocycles. The van der Waals surface area contributed by atoms with E-state index >= 15 is 0 Å². The first kappa shape index (κ1) is 9.59. The van der Waals surface area contributed by atoms with Crippen LogP contribution in [0.4, 0.5) is 0 Å². The first-order valence-corrected chi connectivity index (χ1v) is 3.40. The van der Waals surface area contributed by atoms with Gasteiger partial charge >= 0.3 is 58.2 Å². The summed E-state index contributed by atoms with van der Waals surface area (Å²) in [6.07, 6.45) is 0. The molecule has 0 aliphatic carbocycles. The number of fused-ring (bicyclic) bond motifs is 1. The molecule has 2 aromatic rings. The Labute approximate surface area is 115 Å². The van der Waals surface area contributed by atoms with Crippen LogP contribution in [0.5, 0.6) is 0 Å². The van der Waals surface area contributed by atoms with Crippen molar-refractivity contribution in [3.63, 3.8) is 0 Å². The van der Waals surface area contributed by atoms with E-state index in [1.165, 1.54) is 10.8 Å². The molecule has 0 aliphatic rings. The first-order chi connectivity index (χ1) is 4.97. The molecule has 0 aliphatic heterocycles. The Bertz CT molecular complexity index is 276. The van der Waals surface area contributed by atoms with Gasteiger partial charge in [0, 0.05) is 0 Å². The number of hydrogen-bond donors (Lipinski definition) is 0. The standard InChI is InChI=1S/C10H8.Rb.H/c1-2-6-10-8-4-3-7-9(10)5-1;;/h1-8H;;. The maximum absolute atomic E-state index is 2.12. The molecule has 0 atom stereocenters. The largest absolute Gasteiger partial charge is 0.0616 e. The second-order valence-corrected chi connectivity index (χ2v) is 2.35. The van der Waals surface area contributed by atoms with E-state index in [1.807, 2.05) is 0 Å². The summed E-state index contributed by atoms with van der Waals surface area (Å²) in [5, 5.41) is 2.62. The Kier molecular flexibility index (Phi) is 3.93. The Hall–Kier alpha value is 0.505. The predicted octanol–water partition coefficient (Wildman–Crippen LogP) is 2.19. The molecule has 0 amide bonds. The van der Waals surface area contributed by atoms with Crippen molar-refractivity contribution in [3.05, 3.63) is 48.5 Å². The van der Waals surface area contributed by atoms with Gasteiger partial charge in [0.2, 0.25) is 0 Å². The number of benzene rings is 2. The third-order valence-corrected chi connectivity index (χ3v) is 1.66. The molecular formula is C10H9Rb. The van der Waals surface area contributed by atoms with E-state index in [1.54, 1.807) is 0 Å². The van der Waals surface area contributed by atoms with Gasteiger partial charge in [0.15, 0.2) is 0 Å². The monoisotopic (exact) mass is 214 g/mol. The Balaban J connectivity index is 0.000000605. The SMILES string of the molecule is [RbH].c1ccc2ccccc2c1. The Morgan fingerprint density at radius 3 is 1.09 bits per heavy atom. The van der Waals surface area contributed by atoms with Crippen LogP contribution in [0.15, 0.2) is 48.5 Å². The minimum atomic E-state index is 0. The molecular weight excluding hydrogens is 206 g/mol. The van der Waals surface area contributed by atoms with Gasteiger partial charge in [0.1, 0.15) is 0 Å². The summed E-state index contributed by atoms with van der Waals surface area (Å²) in [6, 6.07) is 16.7. The van der Waals surface area contributed by atoms with Crippen molar-refractivity contribution < 1.29 is 0 Å². The molecule has 0 saturated heterocycles. The maximum atomic E-state index is 2.12. The molecule has 0 bridgehead atoms. The van der Waals surface area contributed by atoms with Gasteiger partial charge in [-0.2, -0.15) is 0 Å². The summed E-state index contributed by atoms with van der Waals surface area (Å²) in [5.41, 5.74) is 0. The minimum absolute atomic E-state index is 0. The van der Waals surface area contributed by atoms with Crippen molar-refractivity contribution in [1.82, 2.24) is 0 Å². The molecule has 0 spiro atoms. The van der Waals surface area contributed by atoms with Crippen molar-refractivity contribution in [2.45, 2.75) is 0 Å². The van der Waals surface area contributed by atoms with Crippen molar-refractivity contribution >= 4 is 69.0 Å². The van der Waals surface area contributed by atoms with E-state index < -0.39 is 0 Å². The van der Waals surface area contributed by atoms with Crippen LogP contribution in [0.25, 0.3) is 10.8 Å². The zero-order chi connectivity index (χ0) is 6.81. The molecule has 2 rings (SSSR count). The van der Waals surface area contributed by atoms with E-state index in [0.717, 1.165) is 0 Å². The van der Waals surface area contributed by atoms with Crippen LogP contribution < -0.4 is 0 Å².